The maximum absolute atomic E-state index is 14.1. The highest BCUT2D eigenvalue weighted by molar-refractivity contribution is 9.10. The lowest BCUT2D eigenvalue weighted by atomic mass is 9.99. The van der Waals surface area contributed by atoms with Crippen molar-refractivity contribution < 1.29 is 17.2 Å². The summed E-state index contributed by atoms with van der Waals surface area (Å²) in [5, 5.41) is 2.33. The van der Waals surface area contributed by atoms with Crippen molar-refractivity contribution in [3.8, 4) is 0 Å². The van der Waals surface area contributed by atoms with Gasteiger partial charge in [-0.1, -0.05) is 6.42 Å². The summed E-state index contributed by atoms with van der Waals surface area (Å²) in [7, 11) is -1.58. The smallest absolute Gasteiger partial charge is 0.154 e. The van der Waals surface area contributed by atoms with Crippen molar-refractivity contribution >= 4 is 25.8 Å². The van der Waals surface area contributed by atoms with Gasteiger partial charge in [0, 0.05) is 11.6 Å². The summed E-state index contributed by atoms with van der Waals surface area (Å²) in [6.45, 7) is 0. The minimum atomic E-state index is -3.21. The molecule has 1 heterocycles. The highest BCUT2D eigenvalue weighted by Gasteiger charge is 2.35. The number of rotatable bonds is 4. The first-order valence-corrected chi connectivity index (χ1v) is 9.39. The molecule has 0 aromatic heterocycles. The zero-order chi connectivity index (χ0) is 15.6. The molecule has 0 saturated carbocycles. The van der Waals surface area contributed by atoms with Crippen molar-refractivity contribution in [2.24, 2.45) is 0 Å². The van der Waals surface area contributed by atoms with Gasteiger partial charge in [0.25, 0.3) is 0 Å². The Labute approximate surface area is 132 Å². The normalized spacial score (nSPS) is 23.0. The lowest BCUT2D eigenvalue weighted by Crippen LogP contribution is -2.46. The van der Waals surface area contributed by atoms with Gasteiger partial charge >= 0.3 is 0 Å². The van der Waals surface area contributed by atoms with E-state index < -0.39 is 32.8 Å². The molecule has 2 atom stereocenters. The minimum absolute atomic E-state index is 0.0114. The fraction of sp³-hybridized carbons (Fsp3) is 0.571. The molecule has 1 fully saturated rings. The second-order valence-corrected chi connectivity index (χ2v) is 8.52. The van der Waals surface area contributed by atoms with E-state index >= 15 is 0 Å². The third-order valence-electron chi connectivity index (χ3n) is 4.01. The zero-order valence-corrected chi connectivity index (χ0v) is 14.1. The molecule has 118 valence electrons. The summed E-state index contributed by atoms with van der Waals surface area (Å²) in [5.74, 6) is -1.16. The topological polar surface area (TPSA) is 46.2 Å². The molecule has 0 spiro atoms. The van der Waals surface area contributed by atoms with Crippen LogP contribution in [0, 0.1) is 11.6 Å². The van der Waals surface area contributed by atoms with Crippen molar-refractivity contribution in [2.45, 2.75) is 37.0 Å². The zero-order valence-electron chi connectivity index (χ0n) is 11.7. The van der Waals surface area contributed by atoms with Crippen LogP contribution in [0.5, 0.6) is 0 Å². The molecule has 21 heavy (non-hydrogen) atoms. The summed E-state index contributed by atoms with van der Waals surface area (Å²) in [5.41, 5.74) is -0.0792. The lowest BCUT2D eigenvalue weighted by Gasteiger charge is -2.30. The summed E-state index contributed by atoms with van der Waals surface area (Å²) < 4.78 is 52.4. The van der Waals surface area contributed by atoms with E-state index in [0.29, 0.717) is 12.8 Å². The molecule has 1 aliphatic heterocycles. The highest BCUT2D eigenvalue weighted by Crippen LogP contribution is 2.27. The number of benzene rings is 1. The Morgan fingerprint density at radius 2 is 2.10 bits per heavy atom. The average molecular weight is 382 g/mol. The molecule has 3 nitrogen and oxygen atoms in total. The standard InChI is InChI=1S/C14H18BrF2NO2S/c1-18-12(13-4-2-3-7-21(13,19)20)8-9-11(16)6-5-10(15)14(9)17/h5-6,12-13,18H,2-4,7-8H2,1H3. The first-order chi connectivity index (χ1) is 9.86. The third-order valence-corrected chi connectivity index (χ3v) is 6.97. The number of sulfone groups is 1. The minimum Gasteiger partial charge on any atom is -0.315 e. The van der Waals surface area contributed by atoms with Crippen LogP contribution >= 0.6 is 15.9 Å². The van der Waals surface area contributed by atoms with Gasteiger partial charge in [-0.25, -0.2) is 17.2 Å². The Balaban J connectivity index is 2.30. The molecule has 0 amide bonds. The maximum Gasteiger partial charge on any atom is 0.154 e. The molecular weight excluding hydrogens is 364 g/mol. The van der Waals surface area contributed by atoms with Crippen molar-refractivity contribution in [3.63, 3.8) is 0 Å². The van der Waals surface area contributed by atoms with Crippen LogP contribution in [0.3, 0.4) is 0 Å². The molecule has 1 N–H and O–H groups in total. The average Bonchev–Trinajstić information content (AvgIpc) is 2.44. The van der Waals surface area contributed by atoms with E-state index in [4.69, 9.17) is 0 Å². The van der Waals surface area contributed by atoms with E-state index in [1.54, 1.807) is 7.05 Å². The van der Waals surface area contributed by atoms with Gasteiger partial charge in [0.2, 0.25) is 0 Å². The fourth-order valence-corrected chi connectivity index (χ4v) is 5.37. The van der Waals surface area contributed by atoms with E-state index in [0.717, 1.165) is 6.42 Å². The molecule has 0 aliphatic carbocycles. The molecule has 1 aromatic carbocycles. The quantitative estimate of drug-likeness (QED) is 0.815. The van der Waals surface area contributed by atoms with Gasteiger partial charge in [-0.05, 0) is 54.4 Å². The Morgan fingerprint density at radius 3 is 2.71 bits per heavy atom. The molecule has 1 saturated heterocycles. The monoisotopic (exact) mass is 381 g/mol. The number of hydrogen-bond donors (Lipinski definition) is 1. The van der Waals surface area contributed by atoms with Gasteiger partial charge in [-0.3, -0.25) is 0 Å². The Bertz CT molecular complexity index is 622. The number of likely N-dealkylation sites (N-methyl/N-ethyl adjacent to an activating group) is 1. The Morgan fingerprint density at radius 1 is 1.38 bits per heavy atom. The molecule has 1 aliphatic rings. The molecule has 2 rings (SSSR count). The predicted octanol–water partition coefficient (Wildman–Crippen LogP) is 2.83. The number of hydrogen-bond acceptors (Lipinski definition) is 3. The van der Waals surface area contributed by atoms with Crippen LogP contribution in [0.1, 0.15) is 24.8 Å². The summed E-state index contributed by atoms with van der Waals surface area (Å²) in [6.07, 6.45) is 2.03. The summed E-state index contributed by atoms with van der Waals surface area (Å²) >= 11 is 3.03. The van der Waals surface area contributed by atoms with Gasteiger partial charge < -0.3 is 5.32 Å². The summed E-state index contributed by atoms with van der Waals surface area (Å²) in [4.78, 5) is 0. The molecule has 2 unspecified atom stereocenters. The van der Waals surface area contributed by atoms with E-state index in [2.05, 4.69) is 21.2 Å². The first kappa shape index (κ1) is 16.8. The molecule has 0 radical (unpaired) electrons. The van der Waals surface area contributed by atoms with Crippen LogP contribution in [-0.4, -0.2) is 32.5 Å². The van der Waals surface area contributed by atoms with Crippen molar-refractivity contribution in [2.75, 3.05) is 12.8 Å². The van der Waals surface area contributed by atoms with Gasteiger partial charge in [0.05, 0.1) is 15.5 Å². The Kier molecular flexibility index (Phi) is 5.38. The van der Waals surface area contributed by atoms with Gasteiger partial charge in [-0.2, -0.15) is 0 Å². The predicted molar refractivity (Wildman–Crippen MR) is 82.0 cm³/mol. The number of nitrogens with one attached hydrogen (secondary N) is 1. The fourth-order valence-electron chi connectivity index (χ4n) is 2.83. The van der Waals surface area contributed by atoms with Crippen LogP contribution in [0.15, 0.2) is 16.6 Å². The van der Waals surface area contributed by atoms with Crippen LogP contribution in [0.25, 0.3) is 0 Å². The van der Waals surface area contributed by atoms with E-state index in [1.165, 1.54) is 12.1 Å². The van der Waals surface area contributed by atoms with Crippen LogP contribution < -0.4 is 5.32 Å². The van der Waals surface area contributed by atoms with E-state index in [1.807, 2.05) is 0 Å². The maximum atomic E-state index is 14.1. The molecule has 0 bridgehead atoms. The van der Waals surface area contributed by atoms with Crippen molar-refractivity contribution in [1.82, 2.24) is 5.32 Å². The second kappa shape index (κ2) is 6.71. The third kappa shape index (κ3) is 3.63. The van der Waals surface area contributed by atoms with Crippen LogP contribution in [-0.2, 0) is 16.3 Å². The van der Waals surface area contributed by atoms with E-state index in [9.17, 15) is 17.2 Å². The van der Waals surface area contributed by atoms with Gasteiger partial charge in [-0.15, -0.1) is 0 Å². The largest absolute Gasteiger partial charge is 0.315 e. The van der Waals surface area contributed by atoms with Crippen molar-refractivity contribution in [3.05, 3.63) is 33.8 Å². The molecule has 7 heteroatoms. The first-order valence-electron chi connectivity index (χ1n) is 6.88. The molecular formula is C14H18BrF2NO2S. The summed E-state index contributed by atoms with van der Waals surface area (Å²) in [6, 6.07) is 2.00. The SMILES string of the molecule is CNC(Cc1c(F)ccc(Br)c1F)C1CCCCS1(=O)=O. The van der Waals surface area contributed by atoms with E-state index in [-0.39, 0.29) is 22.2 Å². The number of halogens is 3. The van der Waals surface area contributed by atoms with Gasteiger partial charge in [0.1, 0.15) is 11.6 Å². The van der Waals surface area contributed by atoms with Crippen molar-refractivity contribution in [1.29, 1.82) is 0 Å². The Hall–Kier alpha value is -0.530. The highest BCUT2D eigenvalue weighted by atomic mass is 79.9. The van der Waals surface area contributed by atoms with Gasteiger partial charge in [0.15, 0.2) is 9.84 Å². The lowest BCUT2D eigenvalue weighted by molar-refractivity contribution is 0.441. The second-order valence-electron chi connectivity index (χ2n) is 5.32. The molecule has 1 aromatic rings. The van der Waals surface area contributed by atoms with Crippen LogP contribution in [0.2, 0.25) is 0 Å². The van der Waals surface area contributed by atoms with Crippen LogP contribution in [0.4, 0.5) is 8.78 Å².